The van der Waals surface area contributed by atoms with Gasteiger partial charge in [-0.3, -0.25) is 0 Å². The van der Waals surface area contributed by atoms with Crippen LogP contribution in [0.2, 0.25) is 0 Å². The molecule has 0 spiro atoms. The average Bonchev–Trinajstić information content (AvgIpc) is 1.85. The molecule has 0 rings (SSSR count). The van der Waals surface area contributed by atoms with Crippen LogP contribution in [0.3, 0.4) is 0 Å². The van der Waals surface area contributed by atoms with Crippen molar-refractivity contribution in [2.45, 2.75) is 39.4 Å². The van der Waals surface area contributed by atoms with Crippen LogP contribution in [0.15, 0.2) is 12.7 Å². The molecule has 2 nitrogen and oxygen atoms in total. The van der Waals surface area contributed by atoms with Gasteiger partial charge in [-0.15, -0.1) is 6.58 Å². The summed E-state index contributed by atoms with van der Waals surface area (Å²) in [5, 5.41) is 18.6. The van der Waals surface area contributed by atoms with Crippen LogP contribution in [0, 0.1) is 5.41 Å². The highest BCUT2D eigenvalue weighted by Crippen LogP contribution is 2.22. The Morgan fingerprint density at radius 2 is 1.82 bits per heavy atom. The van der Waals surface area contributed by atoms with E-state index in [2.05, 4.69) is 6.58 Å². The minimum atomic E-state index is -0.593. The predicted molar refractivity (Wildman–Crippen MR) is 46.3 cm³/mol. The van der Waals surface area contributed by atoms with Gasteiger partial charge >= 0.3 is 0 Å². The molecular formula is C9H18O2. The molecule has 2 N–H and O–H groups in total. The second kappa shape index (κ2) is 3.88. The monoisotopic (exact) mass is 158 g/mol. The molecule has 0 saturated heterocycles. The summed E-state index contributed by atoms with van der Waals surface area (Å²) in [5.41, 5.74) is -0.163. The zero-order chi connectivity index (χ0) is 9.07. The van der Waals surface area contributed by atoms with E-state index in [1.165, 1.54) is 6.08 Å². The Labute approximate surface area is 68.6 Å². The van der Waals surface area contributed by atoms with Crippen molar-refractivity contribution in [3.63, 3.8) is 0 Å². The van der Waals surface area contributed by atoms with Gasteiger partial charge < -0.3 is 10.2 Å². The predicted octanol–water partition coefficient (Wildman–Crippen LogP) is 1.33. The number of aliphatic hydroxyl groups is 2. The van der Waals surface area contributed by atoms with Gasteiger partial charge in [0.2, 0.25) is 0 Å². The van der Waals surface area contributed by atoms with Gasteiger partial charge in [0.15, 0.2) is 0 Å². The van der Waals surface area contributed by atoms with Crippen LogP contribution in [-0.2, 0) is 0 Å². The van der Waals surface area contributed by atoms with E-state index in [1.54, 1.807) is 0 Å². The van der Waals surface area contributed by atoms with Crippen LogP contribution in [0.25, 0.3) is 0 Å². The zero-order valence-electron chi connectivity index (χ0n) is 7.54. The largest absolute Gasteiger partial charge is 0.392 e. The second-order valence-corrected chi connectivity index (χ2v) is 3.92. The summed E-state index contributed by atoms with van der Waals surface area (Å²) >= 11 is 0. The van der Waals surface area contributed by atoms with Crippen molar-refractivity contribution in [2.24, 2.45) is 5.41 Å². The first-order chi connectivity index (χ1) is 4.88. The molecule has 2 unspecified atom stereocenters. The van der Waals surface area contributed by atoms with Gasteiger partial charge in [0.05, 0.1) is 12.2 Å². The Bertz CT molecular complexity index is 124. The average molecular weight is 158 g/mol. The Kier molecular flexibility index (Phi) is 3.76. The molecule has 0 heterocycles. The van der Waals surface area contributed by atoms with Crippen molar-refractivity contribution in [2.75, 3.05) is 0 Å². The molecule has 66 valence electrons. The van der Waals surface area contributed by atoms with E-state index < -0.39 is 12.2 Å². The summed E-state index contributed by atoms with van der Waals surface area (Å²) in [6.07, 6.45) is 0.738. The molecular weight excluding hydrogens is 140 g/mol. The van der Waals surface area contributed by atoms with Gasteiger partial charge in [-0.1, -0.05) is 26.8 Å². The van der Waals surface area contributed by atoms with E-state index in [-0.39, 0.29) is 5.41 Å². The summed E-state index contributed by atoms with van der Waals surface area (Å²) in [4.78, 5) is 0. The minimum absolute atomic E-state index is 0.163. The van der Waals surface area contributed by atoms with Gasteiger partial charge in [-0.25, -0.2) is 0 Å². The fourth-order valence-corrected chi connectivity index (χ4v) is 0.679. The molecule has 0 bridgehead atoms. The van der Waals surface area contributed by atoms with Gasteiger partial charge in [-0.05, 0) is 5.41 Å². The summed E-state index contributed by atoms with van der Waals surface area (Å²) in [6.45, 7) is 9.25. The van der Waals surface area contributed by atoms with Crippen LogP contribution >= 0.6 is 0 Å². The lowest BCUT2D eigenvalue weighted by Crippen LogP contribution is -2.29. The van der Waals surface area contributed by atoms with E-state index in [9.17, 15) is 5.11 Å². The van der Waals surface area contributed by atoms with E-state index >= 15 is 0 Å². The van der Waals surface area contributed by atoms with Crippen molar-refractivity contribution in [3.05, 3.63) is 12.7 Å². The van der Waals surface area contributed by atoms with Gasteiger partial charge in [0.1, 0.15) is 0 Å². The molecule has 2 heteroatoms. The standard InChI is InChI=1S/C9H18O2/c1-5-7(10)6-8(11)9(2,3)4/h5,7-8,10-11H,1,6H2,2-4H3. The minimum Gasteiger partial charge on any atom is -0.392 e. The maximum absolute atomic E-state index is 9.48. The highest BCUT2D eigenvalue weighted by molar-refractivity contribution is 4.84. The smallest absolute Gasteiger partial charge is 0.0743 e. The molecule has 0 aromatic heterocycles. The van der Waals surface area contributed by atoms with Crippen molar-refractivity contribution in [3.8, 4) is 0 Å². The summed E-state index contributed by atoms with van der Waals surface area (Å²) in [7, 11) is 0. The Morgan fingerprint density at radius 1 is 1.36 bits per heavy atom. The van der Waals surface area contributed by atoms with Crippen molar-refractivity contribution < 1.29 is 10.2 Å². The van der Waals surface area contributed by atoms with Crippen LogP contribution in [-0.4, -0.2) is 22.4 Å². The lowest BCUT2D eigenvalue weighted by atomic mass is 9.86. The van der Waals surface area contributed by atoms with E-state index in [0.29, 0.717) is 6.42 Å². The van der Waals surface area contributed by atoms with Crippen molar-refractivity contribution in [1.82, 2.24) is 0 Å². The van der Waals surface area contributed by atoms with Gasteiger partial charge in [0, 0.05) is 6.42 Å². The Morgan fingerprint density at radius 3 is 2.09 bits per heavy atom. The molecule has 0 aliphatic rings. The molecule has 0 amide bonds. The SMILES string of the molecule is C=CC(O)CC(O)C(C)(C)C. The highest BCUT2D eigenvalue weighted by atomic mass is 16.3. The molecule has 0 radical (unpaired) electrons. The second-order valence-electron chi connectivity index (χ2n) is 3.92. The fraction of sp³-hybridized carbons (Fsp3) is 0.778. The van der Waals surface area contributed by atoms with Crippen LogP contribution in [0.5, 0.6) is 0 Å². The van der Waals surface area contributed by atoms with Crippen LogP contribution in [0.4, 0.5) is 0 Å². The summed E-state index contributed by atoms with van der Waals surface area (Å²) in [5.74, 6) is 0. The van der Waals surface area contributed by atoms with E-state index in [1.807, 2.05) is 20.8 Å². The fourth-order valence-electron chi connectivity index (χ4n) is 0.679. The zero-order valence-corrected chi connectivity index (χ0v) is 7.54. The first-order valence-corrected chi connectivity index (χ1v) is 3.86. The normalized spacial score (nSPS) is 17.5. The van der Waals surface area contributed by atoms with Crippen molar-refractivity contribution >= 4 is 0 Å². The maximum atomic E-state index is 9.48. The highest BCUT2D eigenvalue weighted by Gasteiger charge is 2.23. The maximum Gasteiger partial charge on any atom is 0.0743 e. The molecule has 0 fully saturated rings. The van der Waals surface area contributed by atoms with Crippen LogP contribution < -0.4 is 0 Å². The molecule has 0 aliphatic carbocycles. The van der Waals surface area contributed by atoms with Crippen molar-refractivity contribution in [1.29, 1.82) is 0 Å². The third kappa shape index (κ3) is 4.17. The first-order valence-electron chi connectivity index (χ1n) is 3.86. The lowest BCUT2D eigenvalue weighted by Gasteiger charge is -2.26. The van der Waals surface area contributed by atoms with Crippen LogP contribution in [0.1, 0.15) is 27.2 Å². The Hall–Kier alpha value is -0.340. The number of aliphatic hydroxyl groups excluding tert-OH is 2. The number of hydrogen-bond acceptors (Lipinski definition) is 2. The topological polar surface area (TPSA) is 40.5 Å². The lowest BCUT2D eigenvalue weighted by molar-refractivity contribution is 0.0257. The third-order valence-electron chi connectivity index (χ3n) is 1.74. The van der Waals surface area contributed by atoms with Gasteiger partial charge in [-0.2, -0.15) is 0 Å². The molecule has 0 aromatic rings. The number of rotatable bonds is 3. The van der Waals surface area contributed by atoms with E-state index in [4.69, 9.17) is 5.11 Å². The van der Waals surface area contributed by atoms with Gasteiger partial charge in [0.25, 0.3) is 0 Å². The molecule has 11 heavy (non-hydrogen) atoms. The molecule has 0 aromatic carbocycles. The molecule has 0 saturated carbocycles. The van der Waals surface area contributed by atoms with E-state index in [0.717, 1.165) is 0 Å². The number of hydrogen-bond donors (Lipinski definition) is 2. The first kappa shape index (κ1) is 10.7. The third-order valence-corrected chi connectivity index (χ3v) is 1.74. The summed E-state index contributed by atoms with van der Waals surface area (Å²) in [6, 6.07) is 0. The summed E-state index contributed by atoms with van der Waals surface area (Å²) < 4.78 is 0. The molecule has 0 aliphatic heterocycles. The Balaban J connectivity index is 3.87. The quantitative estimate of drug-likeness (QED) is 0.608. The molecule has 2 atom stereocenters.